The average molecular weight is 645 g/mol. The number of fused-ring (bicyclic) bond motifs is 1. The molecule has 2 aromatic carbocycles. The van der Waals surface area contributed by atoms with Gasteiger partial charge in [-0.2, -0.15) is 13.2 Å². The lowest BCUT2D eigenvalue weighted by Crippen LogP contribution is -2.41. The van der Waals surface area contributed by atoms with Crippen molar-refractivity contribution in [1.82, 2.24) is 19.9 Å². The molecule has 4 aromatic rings. The van der Waals surface area contributed by atoms with Gasteiger partial charge in [-0.1, -0.05) is 58.5 Å². The van der Waals surface area contributed by atoms with Gasteiger partial charge in [-0.3, -0.25) is 9.78 Å². The summed E-state index contributed by atoms with van der Waals surface area (Å²) < 4.78 is 42.1. The molecule has 0 spiro atoms. The van der Waals surface area contributed by atoms with Gasteiger partial charge in [0, 0.05) is 50.5 Å². The van der Waals surface area contributed by atoms with Crippen molar-refractivity contribution >= 4 is 69.0 Å². The summed E-state index contributed by atoms with van der Waals surface area (Å²) in [4.78, 5) is 23.0. The third-order valence-corrected chi connectivity index (χ3v) is 8.50. The number of aryl methyl sites for hydroxylation is 1. The molecule has 1 aliphatic rings. The molecule has 0 saturated carbocycles. The lowest BCUT2D eigenvalue weighted by atomic mass is 9.97. The van der Waals surface area contributed by atoms with Gasteiger partial charge in [0.1, 0.15) is 5.82 Å². The van der Waals surface area contributed by atoms with Crippen molar-refractivity contribution in [1.29, 1.82) is 0 Å². The van der Waals surface area contributed by atoms with Crippen LogP contribution in [-0.2, 0) is 20.0 Å². The molecule has 41 heavy (non-hydrogen) atoms. The molecule has 1 atom stereocenters. The number of benzene rings is 2. The number of anilines is 1. The van der Waals surface area contributed by atoms with Crippen molar-refractivity contribution in [2.45, 2.75) is 32.0 Å². The number of carbonyl (C=O) groups is 1. The maximum atomic E-state index is 13.4. The second-order valence-corrected chi connectivity index (χ2v) is 11.6. The Labute approximate surface area is 254 Å². The first-order chi connectivity index (χ1) is 19.4. The van der Waals surface area contributed by atoms with E-state index in [1.165, 1.54) is 12.4 Å². The number of hydrogen-bond donors (Lipinski definition) is 1. The average Bonchev–Trinajstić information content (AvgIpc) is 3.21. The Hall–Kier alpha value is -2.72. The normalized spacial score (nSPS) is 15.9. The standard InChI is InChI=1S/C28H24Cl4F3N5O/c1-39-24-10-23(40-6-2-3-17(14-40)28(33,34)35)19(30)9-22(24)38-25(39)8-16-7-15(4-5-18(16)29)11-37-27(41)26-20(31)12-36-13-21(26)32/h4-5,7,9-10,12-13,17H,2-3,6,8,11,14H2,1H3,(H,37,41). The van der Waals surface area contributed by atoms with E-state index in [-0.39, 0.29) is 35.1 Å². The first kappa shape index (κ1) is 29.8. The minimum atomic E-state index is -4.25. The van der Waals surface area contributed by atoms with E-state index in [1.807, 2.05) is 17.7 Å². The molecule has 1 aliphatic heterocycles. The topological polar surface area (TPSA) is 63.1 Å². The summed E-state index contributed by atoms with van der Waals surface area (Å²) in [5.41, 5.74) is 3.67. The fourth-order valence-corrected chi connectivity index (χ4v) is 6.06. The van der Waals surface area contributed by atoms with E-state index in [0.29, 0.717) is 46.5 Å². The second kappa shape index (κ2) is 11.9. The number of hydrogen-bond acceptors (Lipinski definition) is 4. The van der Waals surface area contributed by atoms with Gasteiger partial charge in [0.2, 0.25) is 0 Å². The Morgan fingerprint density at radius 2 is 1.78 bits per heavy atom. The predicted molar refractivity (Wildman–Crippen MR) is 156 cm³/mol. The molecule has 1 saturated heterocycles. The summed E-state index contributed by atoms with van der Waals surface area (Å²) in [6, 6.07) is 8.92. The number of aromatic nitrogens is 3. The molecule has 1 unspecified atom stereocenters. The molecule has 3 heterocycles. The van der Waals surface area contributed by atoms with Crippen LogP contribution in [0.4, 0.5) is 18.9 Å². The maximum Gasteiger partial charge on any atom is 0.393 e. The molecule has 1 fully saturated rings. The van der Waals surface area contributed by atoms with E-state index >= 15 is 0 Å². The largest absolute Gasteiger partial charge is 0.393 e. The fourth-order valence-electron chi connectivity index (χ4n) is 5.06. The molecule has 216 valence electrons. The molecule has 1 amide bonds. The molecule has 0 bridgehead atoms. The minimum absolute atomic E-state index is 0.116. The van der Waals surface area contributed by atoms with Crippen molar-refractivity contribution in [2.24, 2.45) is 13.0 Å². The van der Waals surface area contributed by atoms with E-state index in [1.54, 1.807) is 29.2 Å². The van der Waals surface area contributed by atoms with Crippen LogP contribution in [0.25, 0.3) is 11.0 Å². The Kier molecular flexibility index (Phi) is 8.62. The van der Waals surface area contributed by atoms with Crippen LogP contribution < -0.4 is 10.2 Å². The van der Waals surface area contributed by atoms with E-state index in [0.717, 1.165) is 16.6 Å². The van der Waals surface area contributed by atoms with Gasteiger partial charge in [0.25, 0.3) is 5.91 Å². The predicted octanol–water partition coefficient (Wildman–Crippen LogP) is 7.88. The third kappa shape index (κ3) is 6.38. The van der Waals surface area contributed by atoms with Crippen LogP contribution in [0.3, 0.4) is 0 Å². The number of amides is 1. The Morgan fingerprint density at radius 3 is 2.49 bits per heavy atom. The van der Waals surface area contributed by atoms with Gasteiger partial charge < -0.3 is 14.8 Å². The number of nitrogens with one attached hydrogen (secondary N) is 1. The van der Waals surface area contributed by atoms with E-state index in [2.05, 4.69) is 10.3 Å². The first-order valence-corrected chi connectivity index (χ1v) is 14.2. The number of pyridine rings is 1. The van der Waals surface area contributed by atoms with Gasteiger partial charge in [-0.05, 0) is 42.2 Å². The van der Waals surface area contributed by atoms with E-state index in [4.69, 9.17) is 51.4 Å². The van der Waals surface area contributed by atoms with Gasteiger partial charge >= 0.3 is 6.18 Å². The number of halogens is 7. The zero-order valence-corrected chi connectivity index (χ0v) is 24.7. The van der Waals surface area contributed by atoms with Gasteiger partial charge in [0.15, 0.2) is 0 Å². The van der Waals surface area contributed by atoms with Crippen molar-refractivity contribution in [3.63, 3.8) is 0 Å². The summed E-state index contributed by atoms with van der Waals surface area (Å²) in [6.45, 7) is 0.577. The number of rotatable bonds is 6. The highest BCUT2D eigenvalue weighted by molar-refractivity contribution is 6.39. The van der Waals surface area contributed by atoms with Gasteiger partial charge in [0.05, 0.1) is 43.3 Å². The highest BCUT2D eigenvalue weighted by Crippen LogP contribution is 2.38. The lowest BCUT2D eigenvalue weighted by molar-refractivity contribution is -0.175. The molecular formula is C28H24Cl4F3N5O. The van der Waals surface area contributed by atoms with Crippen LogP contribution in [0, 0.1) is 5.92 Å². The number of piperidine rings is 1. The fraction of sp³-hybridized carbons (Fsp3) is 0.321. The summed E-state index contributed by atoms with van der Waals surface area (Å²) in [7, 11) is 1.84. The Balaban J connectivity index is 1.36. The number of alkyl halides is 3. The van der Waals surface area contributed by atoms with Crippen LogP contribution >= 0.6 is 46.4 Å². The molecule has 2 aromatic heterocycles. The quantitative estimate of drug-likeness (QED) is 0.232. The zero-order chi connectivity index (χ0) is 29.5. The summed E-state index contributed by atoms with van der Waals surface area (Å²) in [5, 5.41) is 3.99. The maximum absolute atomic E-state index is 13.4. The van der Waals surface area contributed by atoms with Crippen molar-refractivity contribution in [3.05, 3.63) is 85.3 Å². The Morgan fingerprint density at radius 1 is 1.05 bits per heavy atom. The van der Waals surface area contributed by atoms with E-state index < -0.39 is 18.0 Å². The molecule has 6 nitrogen and oxygen atoms in total. The molecule has 1 N–H and O–H groups in total. The highest BCUT2D eigenvalue weighted by Gasteiger charge is 2.42. The molecular weight excluding hydrogens is 621 g/mol. The number of imidazole rings is 1. The van der Waals surface area contributed by atoms with Crippen molar-refractivity contribution in [2.75, 3.05) is 18.0 Å². The number of nitrogens with zero attached hydrogens (tertiary/aromatic N) is 4. The van der Waals surface area contributed by atoms with Crippen LogP contribution in [0.5, 0.6) is 0 Å². The third-order valence-electron chi connectivity index (χ3n) is 7.26. The SMILES string of the molecule is Cn1c(Cc2cc(CNC(=O)c3c(Cl)cncc3Cl)ccc2Cl)nc2cc(Cl)c(N3CCCC(C(F)(F)F)C3)cc21. The molecule has 13 heteroatoms. The van der Waals surface area contributed by atoms with Crippen molar-refractivity contribution < 1.29 is 18.0 Å². The van der Waals surface area contributed by atoms with Gasteiger partial charge in [-0.25, -0.2) is 4.98 Å². The second-order valence-electron chi connectivity index (χ2n) is 9.97. The first-order valence-electron chi connectivity index (χ1n) is 12.7. The minimum Gasteiger partial charge on any atom is -0.370 e. The molecule has 0 aliphatic carbocycles. The lowest BCUT2D eigenvalue weighted by Gasteiger charge is -2.35. The monoisotopic (exact) mass is 643 g/mol. The molecule has 0 radical (unpaired) electrons. The smallest absolute Gasteiger partial charge is 0.370 e. The van der Waals surface area contributed by atoms with Crippen LogP contribution in [0.2, 0.25) is 20.1 Å². The summed E-state index contributed by atoms with van der Waals surface area (Å²) >= 11 is 25.2. The van der Waals surface area contributed by atoms with Gasteiger partial charge in [-0.15, -0.1) is 0 Å². The number of carbonyl (C=O) groups excluding carboxylic acids is 1. The van der Waals surface area contributed by atoms with E-state index in [9.17, 15) is 18.0 Å². The summed E-state index contributed by atoms with van der Waals surface area (Å²) in [5.74, 6) is -1.13. The van der Waals surface area contributed by atoms with Crippen LogP contribution in [0.1, 0.15) is 40.2 Å². The summed E-state index contributed by atoms with van der Waals surface area (Å²) in [6.07, 6.45) is -0.619. The highest BCUT2D eigenvalue weighted by atomic mass is 35.5. The zero-order valence-electron chi connectivity index (χ0n) is 21.7. The van der Waals surface area contributed by atoms with Crippen molar-refractivity contribution in [3.8, 4) is 0 Å². The Bertz CT molecular complexity index is 1600. The van der Waals surface area contributed by atoms with Crippen LogP contribution in [-0.4, -0.2) is 39.7 Å². The van der Waals surface area contributed by atoms with Crippen LogP contribution in [0.15, 0.2) is 42.7 Å². The molecule has 5 rings (SSSR count).